The van der Waals surface area contributed by atoms with Crippen LogP contribution in [0.1, 0.15) is 38.5 Å². The van der Waals surface area contributed by atoms with Crippen molar-refractivity contribution in [3.8, 4) is 0 Å². The van der Waals surface area contributed by atoms with Gasteiger partial charge in [-0.25, -0.2) is 9.97 Å². The van der Waals surface area contributed by atoms with Crippen LogP contribution in [0.15, 0.2) is 23.5 Å². The van der Waals surface area contributed by atoms with Crippen molar-refractivity contribution in [2.45, 2.75) is 38.5 Å². The van der Waals surface area contributed by atoms with E-state index in [1.54, 1.807) is 12.4 Å². The predicted molar refractivity (Wildman–Crippen MR) is 111 cm³/mol. The molecule has 3 heterocycles. The van der Waals surface area contributed by atoms with Gasteiger partial charge in [-0.3, -0.25) is 4.99 Å². The smallest absolute Gasteiger partial charge is 0.225 e. The van der Waals surface area contributed by atoms with E-state index in [-0.39, 0.29) is 0 Å². The van der Waals surface area contributed by atoms with Gasteiger partial charge < -0.3 is 20.0 Å². The summed E-state index contributed by atoms with van der Waals surface area (Å²) in [6.07, 6.45) is 11.6. The van der Waals surface area contributed by atoms with Gasteiger partial charge in [0.1, 0.15) is 0 Å². The number of piperazine rings is 1. The lowest BCUT2D eigenvalue weighted by Gasteiger charge is -2.36. The summed E-state index contributed by atoms with van der Waals surface area (Å²) in [5.41, 5.74) is 0. The molecule has 0 aliphatic carbocycles. The van der Waals surface area contributed by atoms with Crippen molar-refractivity contribution in [2.24, 2.45) is 4.99 Å². The number of rotatable bonds is 7. The van der Waals surface area contributed by atoms with Crippen molar-refractivity contribution in [1.82, 2.24) is 25.1 Å². The number of nitrogens with zero attached hydrogens (tertiary/aromatic N) is 6. The molecule has 0 amide bonds. The van der Waals surface area contributed by atoms with Crippen molar-refractivity contribution < 1.29 is 0 Å². The SMILES string of the molecule is CN=C(NCCCCCN1CCCCC1)N1CCN(c2ncccn2)CC1. The average molecular weight is 374 g/mol. The lowest BCUT2D eigenvalue weighted by molar-refractivity contribution is 0.224. The summed E-state index contributed by atoms with van der Waals surface area (Å²) in [7, 11) is 1.88. The van der Waals surface area contributed by atoms with Gasteiger partial charge in [0, 0.05) is 52.2 Å². The Labute approximate surface area is 163 Å². The van der Waals surface area contributed by atoms with E-state index in [9.17, 15) is 0 Å². The molecule has 1 N–H and O–H groups in total. The predicted octanol–water partition coefficient (Wildman–Crippen LogP) is 1.83. The summed E-state index contributed by atoms with van der Waals surface area (Å²) in [6, 6.07) is 1.86. The lowest BCUT2D eigenvalue weighted by atomic mass is 10.1. The third-order valence-corrected chi connectivity index (χ3v) is 5.51. The van der Waals surface area contributed by atoms with Crippen LogP contribution in [0.2, 0.25) is 0 Å². The topological polar surface area (TPSA) is 59.9 Å². The Hall–Kier alpha value is -1.89. The van der Waals surface area contributed by atoms with Gasteiger partial charge in [-0.15, -0.1) is 0 Å². The van der Waals surface area contributed by atoms with Gasteiger partial charge in [0.25, 0.3) is 0 Å². The van der Waals surface area contributed by atoms with Gasteiger partial charge in [0.05, 0.1) is 0 Å². The largest absolute Gasteiger partial charge is 0.356 e. The molecule has 27 heavy (non-hydrogen) atoms. The van der Waals surface area contributed by atoms with Gasteiger partial charge in [-0.1, -0.05) is 12.8 Å². The summed E-state index contributed by atoms with van der Waals surface area (Å²) in [5, 5.41) is 3.54. The molecule has 0 saturated carbocycles. The highest BCUT2D eigenvalue weighted by Crippen LogP contribution is 2.11. The molecule has 1 aromatic rings. The molecular weight excluding hydrogens is 338 g/mol. The molecule has 2 aliphatic rings. The zero-order valence-electron chi connectivity index (χ0n) is 16.8. The number of likely N-dealkylation sites (tertiary alicyclic amines) is 1. The number of unbranched alkanes of at least 4 members (excludes halogenated alkanes) is 2. The maximum atomic E-state index is 4.47. The van der Waals surface area contributed by atoms with Gasteiger partial charge >= 0.3 is 0 Å². The van der Waals surface area contributed by atoms with Crippen LogP contribution in [0.3, 0.4) is 0 Å². The van der Waals surface area contributed by atoms with E-state index in [0.717, 1.165) is 44.6 Å². The Morgan fingerprint density at radius 1 is 0.963 bits per heavy atom. The second kappa shape index (κ2) is 11.1. The highest BCUT2D eigenvalue weighted by molar-refractivity contribution is 5.80. The second-order valence-corrected chi connectivity index (χ2v) is 7.46. The normalized spacial score (nSPS) is 19.4. The molecule has 3 rings (SSSR count). The monoisotopic (exact) mass is 373 g/mol. The second-order valence-electron chi connectivity index (χ2n) is 7.46. The minimum atomic E-state index is 0.828. The number of hydrogen-bond donors (Lipinski definition) is 1. The molecule has 0 atom stereocenters. The highest BCUT2D eigenvalue weighted by Gasteiger charge is 2.20. The molecular formula is C20H35N7. The van der Waals surface area contributed by atoms with E-state index in [2.05, 4.69) is 35.0 Å². The standard InChI is InChI=1S/C20H35N7/c1-21-19(22-9-4-2-5-12-25-13-6-3-7-14-25)26-15-17-27(18-16-26)20-23-10-8-11-24-20/h8,10-11H,2-7,9,12-18H2,1H3,(H,21,22). The Balaban J connectivity index is 1.29. The van der Waals surface area contributed by atoms with E-state index >= 15 is 0 Å². The molecule has 2 fully saturated rings. The van der Waals surface area contributed by atoms with E-state index in [1.165, 1.54) is 58.2 Å². The van der Waals surface area contributed by atoms with Gasteiger partial charge in [0.15, 0.2) is 5.96 Å². The van der Waals surface area contributed by atoms with Crippen LogP contribution in [0.5, 0.6) is 0 Å². The molecule has 0 unspecified atom stereocenters. The fourth-order valence-corrected chi connectivity index (χ4v) is 3.93. The molecule has 0 aromatic carbocycles. The Morgan fingerprint density at radius 2 is 1.70 bits per heavy atom. The zero-order valence-corrected chi connectivity index (χ0v) is 16.8. The van der Waals surface area contributed by atoms with Crippen molar-refractivity contribution in [3.05, 3.63) is 18.5 Å². The first-order chi connectivity index (χ1) is 13.4. The van der Waals surface area contributed by atoms with Gasteiger partial charge in [0.2, 0.25) is 5.95 Å². The number of aromatic nitrogens is 2. The lowest BCUT2D eigenvalue weighted by Crippen LogP contribution is -2.53. The minimum Gasteiger partial charge on any atom is -0.356 e. The molecule has 7 nitrogen and oxygen atoms in total. The van der Waals surface area contributed by atoms with Crippen LogP contribution in [0, 0.1) is 0 Å². The van der Waals surface area contributed by atoms with Crippen molar-refractivity contribution in [3.63, 3.8) is 0 Å². The molecule has 7 heteroatoms. The minimum absolute atomic E-state index is 0.828. The zero-order chi connectivity index (χ0) is 18.7. The molecule has 2 aliphatic heterocycles. The number of hydrogen-bond acceptors (Lipinski definition) is 5. The number of piperidine rings is 1. The molecule has 0 bridgehead atoms. The first-order valence-corrected chi connectivity index (χ1v) is 10.6. The fraction of sp³-hybridized carbons (Fsp3) is 0.750. The Kier molecular flexibility index (Phi) is 8.14. The quantitative estimate of drug-likeness (QED) is 0.447. The van der Waals surface area contributed by atoms with E-state index < -0.39 is 0 Å². The van der Waals surface area contributed by atoms with Crippen LogP contribution in [0.4, 0.5) is 5.95 Å². The first kappa shape index (κ1) is 19.9. The van der Waals surface area contributed by atoms with E-state index in [0.29, 0.717) is 0 Å². The van der Waals surface area contributed by atoms with Crippen LogP contribution >= 0.6 is 0 Å². The maximum absolute atomic E-state index is 4.47. The summed E-state index contributed by atoms with van der Waals surface area (Å²) < 4.78 is 0. The summed E-state index contributed by atoms with van der Waals surface area (Å²) in [6.45, 7) is 8.67. The van der Waals surface area contributed by atoms with Crippen molar-refractivity contribution >= 4 is 11.9 Å². The highest BCUT2D eigenvalue weighted by atomic mass is 15.4. The third kappa shape index (κ3) is 6.34. The van der Waals surface area contributed by atoms with Crippen LogP contribution in [-0.4, -0.2) is 85.1 Å². The first-order valence-electron chi connectivity index (χ1n) is 10.6. The fourth-order valence-electron chi connectivity index (χ4n) is 3.93. The summed E-state index contributed by atoms with van der Waals surface area (Å²) >= 11 is 0. The molecule has 0 radical (unpaired) electrons. The summed E-state index contributed by atoms with van der Waals surface area (Å²) in [5.74, 6) is 1.86. The molecule has 0 spiro atoms. The maximum Gasteiger partial charge on any atom is 0.225 e. The van der Waals surface area contributed by atoms with Crippen LogP contribution in [0.25, 0.3) is 0 Å². The summed E-state index contributed by atoms with van der Waals surface area (Å²) in [4.78, 5) is 20.4. The average Bonchev–Trinajstić information content (AvgIpc) is 2.75. The Bertz CT molecular complexity index is 549. The number of guanidine groups is 1. The van der Waals surface area contributed by atoms with Crippen LogP contribution in [-0.2, 0) is 0 Å². The van der Waals surface area contributed by atoms with Crippen molar-refractivity contribution in [2.75, 3.05) is 64.3 Å². The van der Waals surface area contributed by atoms with Gasteiger partial charge in [-0.2, -0.15) is 0 Å². The number of nitrogens with one attached hydrogen (secondary N) is 1. The van der Waals surface area contributed by atoms with Crippen molar-refractivity contribution in [1.29, 1.82) is 0 Å². The number of aliphatic imine (C=N–C) groups is 1. The van der Waals surface area contributed by atoms with E-state index in [4.69, 9.17) is 0 Å². The molecule has 150 valence electrons. The van der Waals surface area contributed by atoms with Crippen LogP contribution < -0.4 is 10.2 Å². The van der Waals surface area contributed by atoms with Gasteiger partial charge in [-0.05, 0) is 51.4 Å². The molecule has 2 saturated heterocycles. The number of anilines is 1. The third-order valence-electron chi connectivity index (χ3n) is 5.51. The Morgan fingerprint density at radius 3 is 2.41 bits per heavy atom. The van der Waals surface area contributed by atoms with E-state index in [1.807, 2.05) is 13.1 Å². The molecule has 1 aromatic heterocycles.